The number of carboxylic acid groups (broad SMARTS) is 1. The topological polar surface area (TPSA) is 65.8 Å². The Labute approximate surface area is 177 Å². The summed E-state index contributed by atoms with van der Waals surface area (Å²) in [5.41, 5.74) is -1.42. The average Bonchev–Trinajstić information content (AvgIpc) is 3.10. The van der Waals surface area contributed by atoms with E-state index in [1.807, 2.05) is 0 Å². The summed E-state index contributed by atoms with van der Waals surface area (Å²) in [6.07, 6.45) is -3.42. The minimum atomic E-state index is -4.58. The third-order valence-electron chi connectivity index (χ3n) is 4.14. The highest BCUT2D eigenvalue weighted by molar-refractivity contribution is 7.14. The standard InChI is InChI=1S/C20H14F5N3O2S/c1-2-28(26-10-12-6-7-14(21)9-15(12)18(29)30)19-27-16(17(22)31-19)11-4-3-5-13(8-11)20(23,24)25/h3-10H,2H2,1H3,(H,29,30)/b26-10+. The zero-order chi connectivity index (χ0) is 22.8. The molecule has 0 saturated heterocycles. The zero-order valence-corrected chi connectivity index (χ0v) is 16.6. The van der Waals surface area contributed by atoms with Crippen molar-refractivity contribution in [3.05, 3.63) is 70.1 Å². The molecular weight excluding hydrogens is 441 g/mol. The van der Waals surface area contributed by atoms with Gasteiger partial charge in [-0.05, 0) is 37.3 Å². The molecule has 0 saturated carbocycles. The van der Waals surface area contributed by atoms with Crippen molar-refractivity contribution in [3.8, 4) is 11.3 Å². The predicted molar refractivity (Wildman–Crippen MR) is 106 cm³/mol. The van der Waals surface area contributed by atoms with Crippen LogP contribution in [0.2, 0.25) is 0 Å². The monoisotopic (exact) mass is 455 g/mol. The first kappa shape index (κ1) is 22.3. The summed E-state index contributed by atoms with van der Waals surface area (Å²) in [6, 6.07) is 7.29. The lowest BCUT2D eigenvalue weighted by Crippen LogP contribution is -2.16. The number of hydrogen-bond acceptors (Lipinski definition) is 5. The van der Waals surface area contributed by atoms with E-state index in [0.29, 0.717) is 11.3 Å². The van der Waals surface area contributed by atoms with Gasteiger partial charge in [0, 0.05) is 17.7 Å². The van der Waals surface area contributed by atoms with Gasteiger partial charge in [-0.1, -0.05) is 23.5 Å². The lowest BCUT2D eigenvalue weighted by molar-refractivity contribution is -0.137. The van der Waals surface area contributed by atoms with E-state index in [0.717, 1.165) is 36.5 Å². The fraction of sp³-hybridized carbons (Fsp3) is 0.150. The molecule has 3 rings (SSSR count). The van der Waals surface area contributed by atoms with Gasteiger partial charge in [-0.15, -0.1) is 0 Å². The smallest absolute Gasteiger partial charge is 0.416 e. The number of benzene rings is 2. The highest BCUT2D eigenvalue weighted by atomic mass is 32.1. The molecule has 0 amide bonds. The van der Waals surface area contributed by atoms with E-state index in [-0.39, 0.29) is 34.1 Å². The molecule has 5 nitrogen and oxygen atoms in total. The predicted octanol–water partition coefficient (Wildman–Crippen LogP) is 5.67. The number of hydrazone groups is 1. The van der Waals surface area contributed by atoms with Crippen molar-refractivity contribution in [2.24, 2.45) is 5.10 Å². The van der Waals surface area contributed by atoms with Gasteiger partial charge in [0.2, 0.25) is 10.3 Å². The number of alkyl halides is 3. The van der Waals surface area contributed by atoms with Crippen molar-refractivity contribution >= 4 is 28.7 Å². The van der Waals surface area contributed by atoms with E-state index in [2.05, 4.69) is 10.1 Å². The molecule has 31 heavy (non-hydrogen) atoms. The molecule has 0 aliphatic heterocycles. The van der Waals surface area contributed by atoms with E-state index in [1.165, 1.54) is 17.1 Å². The van der Waals surface area contributed by atoms with Crippen LogP contribution >= 0.6 is 11.3 Å². The summed E-state index contributed by atoms with van der Waals surface area (Å²) in [4.78, 5) is 15.3. The number of aromatic nitrogens is 1. The number of aromatic carboxylic acids is 1. The van der Waals surface area contributed by atoms with Crippen molar-refractivity contribution in [2.45, 2.75) is 13.1 Å². The first-order valence-corrected chi connectivity index (χ1v) is 9.60. The first-order valence-electron chi connectivity index (χ1n) is 8.78. The fourth-order valence-electron chi connectivity index (χ4n) is 2.65. The van der Waals surface area contributed by atoms with Crippen molar-refractivity contribution in [2.75, 3.05) is 11.6 Å². The number of carbonyl (C=O) groups is 1. The summed E-state index contributed by atoms with van der Waals surface area (Å²) in [6.45, 7) is 1.87. The minimum Gasteiger partial charge on any atom is -0.478 e. The molecule has 162 valence electrons. The van der Waals surface area contributed by atoms with Crippen LogP contribution < -0.4 is 5.01 Å². The van der Waals surface area contributed by atoms with E-state index >= 15 is 0 Å². The Kier molecular flexibility index (Phi) is 6.34. The maximum atomic E-state index is 14.5. The quantitative estimate of drug-likeness (QED) is 0.296. The fourth-order valence-corrected chi connectivity index (χ4v) is 3.49. The molecule has 2 aromatic carbocycles. The van der Waals surface area contributed by atoms with Gasteiger partial charge < -0.3 is 5.11 Å². The zero-order valence-electron chi connectivity index (χ0n) is 15.8. The van der Waals surface area contributed by atoms with Crippen LogP contribution in [0.5, 0.6) is 0 Å². The molecule has 0 unspecified atom stereocenters. The van der Waals surface area contributed by atoms with Crippen molar-refractivity contribution in [1.82, 2.24) is 4.98 Å². The largest absolute Gasteiger partial charge is 0.478 e. The molecule has 0 aliphatic carbocycles. The molecule has 0 atom stereocenters. The van der Waals surface area contributed by atoms with Gasteiger partial charge in [0.1, 0.15) is 11.5 Å². The molecule has 1 aromatic heterocycles. The van der Waals surface area contributed by atoms with E-state index < -0.39 is 28.7 Å². The van der Waals surface area contributed by atoms with Gasteiger partial charge in [0.15, 0.2) is 0 Å². The maximum Gasteiger partial charge on any atom is 0.416 e. The van der Waals surface area contributed by atoms with Crippen LogP contribution in [0.1, 0.15) is 28.4 Å². The molecule has 1 heterocycles. The highest BCUT2D eigenvalue weighted by Gasteiger charge is 2.31. The van der Waals surface area contributed by atoms with E-state index in [1.54, 1.807) is 6.92 Å². The molecule has 0 aliphatic rings. The van der Waals surface area contributed by atoms with Crippen LogP contribution in [0.15, 0.2) is 47.6 Å². The average molecular weight is 455 g/mol. The van der Waals surface area contributed by atoms with E-state index in [4.69, 9.17) is 0 Å². The molecule has 0 spiro atoms. The summed E-state index contributed by atoms with van der Waals surface area (Å²) < 4.78 is 66.6. The Bertz CT molecular complexity index is 1140. The second-order valence-electron chi connectivity index (χ2n) is 6.19. The molecule has 0 bridgehead atoms. The summed E-state index contributed by atoms with van der Waals surface area (Å²) >= 11 is 0.580. The Morgan fingerprint density at radius 1 is 1.23 bits per heavy atom. The van der Waals surface area contributed by atoms with Gasteiger partial charge >= 0.3 is 12.1 Å². The second-order valence-corrected chi connectivity index (χ2v) is 7.12. The van der Waals surface area contributed by atoms with Gasteiger partial charge in [-0.25, -0.2) is 19.2 Å². The minimum absolute atomic E-state index is 0.0402. The third kappa shape index (κ3) is 5.05. The lowest BCUT2D eigenvalue weighted by atomic mass is 10.1. The summed E-state index contributed by atoms with van der Waals surface area (Å²) in [5.74, 6) is -2.08. The van der Waals surface area contributed by atoms with Crippen LogP contribution in [0.3, 0.4) is 0 Å². The number of hydrogen-bond donors (Lipinski definition) is 1. The van der Waals surface area contributed by atoms with Crippen LogP contribution in [0.25, 0.3) is 11.3 Å². The Balaban J connectivity index is 1.93. The number of carboxylic acids is 1. The van der Waals surface area contributed by atoms with Crippen LogP contribution in [-0.4, -0.2) is 28.8 Å². The summed E-state index contributed by atoms with van der Waals surface area (Å²) in [5, 5.41) is 13.8. The number of thiazole rings is 1. The summed E-state index contributed by atoms with van der Waals surface area (Å²) in [7, 11) is 0. The van der Waals surface area contributed by atoms with Crippen LogP contribution in [-0.2, 0) is 6.18 Å². The molecule has 0 radical (unpaired) electrons. The van der Waals surface area contributed by atoms with Crippen molar-refractivity contribution < 1.29 is 31.9 Å². The van der Waals surface area contributed by atoms with Crippen molar-refractivity contribution in [1.29, 1.82) is 0 Å². The third-order valence-corrected chi connectivity index (χ3v) is 5.00. The molecular formula is C20H14F5N3O2S. The molecule has 3 aromatic rings. The van der Waals surface area contributed by atoms with Gasteiger partial charge in [-0.3, -0.25) is 0 Å². The normalized spacial score (nSPS) is 11.8. The SMILES string of the molecule is CCN(/N=C/c1ccc(F)cc1C(=O)O)c1nc(-c2cccc(C(F)(F)F)c2)c(F)s1. The number of halogens is 5. The van der Waals surface area contributed by atoms with E-state index in [9.17, 15) is 31.9 Å². The van der Waals surface area contributed by atoms with Gasteiger partial charge in [-0.2, -0.15) is 22.7 Å². The molecule has 0 fully saturated rings. The maximum absolute atomic E-state index is 14.5. The number of rotatable bonds is 6. The highest BCUT2D eigenvalue weighted by Crippen LogP contribution is 2.35. The van der Waals surface area contributed by atoms with Crippen LogP contribution in [0.4, 0.5) is 27.1 Å². The van der Waals surface area contributed by atoms with Gasteiger partial charge in [0.05, 0.1) is 17.3 Å². The van der Waals surface area contributed by atoms with Crippen molar-refractivity contribution in [3.63, 3.8) is 0 Å². The Morgan fingerprint density at radius 2 is 1.97 bits per heavy atom. The van der Waals surface area contributed by atoms with Crippen LogP contribution in [0, 0.1) is 10.9 Å². The Hall–Kier alpha value is -3.34. The molecule has 11 heteroatoms. The first-order chi connectivity index (χ1) is 14.6. The second kappa shape index (κ2) is 8.80. The lowest BCUT2D eigenvalue weighted by Gasteiger charge is -2.12. The van der Waals surface area contributed by atoms with Gasteiger partial charge in [0.25, 0.3) is 0 Å². The number of nitrogens with zero attached hydrogens (tertiary/aromatic N) is 3. The number of anilines is 1. The molecule has 1 N–H and O–H groups in total. The Morgan fingerprint density at radius 3 is 2.61 bits per heavy atom.